The zero-order valence-corrected chi connectivity index (χ0v) is 17.0. The normalized spacial score (nSPS) is 13.9. The lowest BCUT2D eigenvalue weighted by Crippen LogP contribution is -2.48. The van der Waals surface area contributed by atoms with Crippen LogP contribution in [0.4, 0.5) is 11.4 Å². The second-order valence-corrected chi connectivity index (χ2v) is 7.22. The molecule has 8 heteroatoms. The lowest BCUT2D eigenvalue weighted by Gasteiger charge is -2.36. The quantitative estimate of drug-likeness (QED) is 0.718. The van der Waals surface area contributed by atoms with Gasteiger partial charge in [0.2, 0.25) is 17.6 Å². The molecule has 8 nitrogen and oxygen atoms in total. The van der Waals surface area contributed by atoms with E-state index in [0.29, 0.717) is 36.1 Å². The number of amides is 2. The number of hydrogen-bond acceptors (Lipinski definition) is 6. The minimum atomic E-state index is -0.134. The van der Waals surface area contributed by atoms with E-state index in [-0.39, 0.29) is 11.8 Å². The lowest BCUT2D eigenvalue weighted by atomic mass is 10.1. The Morgan fingerprint density at radius 3 is 2.20 bits per heavy atom. The van der Waals surface area contributed by atoms with Gasteiger partial charge in [-0.15, -0.1) is 0 Å². The average molecular weight is 405 g/mol. The van der Waals surface area contributed by atoms with E-state index in [4.69, 9.17) is 4.52 Å². The molecule has 4 rings (SSSR count). The number of aryl methyl sites for hydroxylation is 1. The molecule has 3 aromatic rings. The number of nitrogens with one attached hydrogen (secondary N) is 1. The Labute approximate surface area is 174 Å². The Hall–Kier alpha value is -3.68. The monoisotopic (exact) mass is 405 g/mol. The van der Waals surface area contributed by atoms with E-state index in [2.05, 4.69) is 20.4 Å². The summed E-state index contributed by atoms with van der Waals surface area (Å²) in [6.45, 7) is 6.05. The summed E-state index contributed by atoms with van der Waals surface area (Å²) >= 11 is 0. The van der Waals surface area contributed by atoms with Gasteiger partial charge in [-0.2, -0.15) is 4.98 Å². The topological polar surface area (TPSA) is 91.6 Å². The molecule has 1 saturated heterocycles. The van der Waals surface area contributed by atoms with Crippen LogP contribution in [0.5, 0.6) is 0 Å². The van der Waals surface area contributed by atoms with Crippen LogP contribution in [0.15, 0.2) is 53.1 Å². The Morgan fingerprint density at radius 2 is 1.63 bits per heavy atom. The number of carbonyl (C=O) groups excluding carboxylic acids is 2. The first-order valence-corrected chi connectivity index (χ1v) is 9.82. The van der Waals surface area contributed by atoms with Gasteiger partial charge in [0.25, 0.3) is 5.91 Å². The van der Waals surface area contributed by atoms with Crippen LogP contribution < -0.4 is 10.2 Å². The summed E-state index contributed by atoms with van der Waals surface area (Å²) in [5.41, 5.74) is 3.32. The zero-order valence-electron chi connectivity index (χ0n) is 17.0. The molecule has 1 N–H and O–H groups in total. The van der Waals surface area contributed by atoms with E-state index in [0.717, 1.165) is 24.3 Å². The Kier molecular flexibility index (Phi) is 5.47. The maximum atomic E-state index is 12.8. The molecule has 154 valence electrons. The number of carbonyl (C=O) groups is 2. The zero-order chi connectivity index (χ0) is 21.1. The maximum Gasteiger partial charge on any atom is 0.253 e. The molecule has 0 unspecified atom stereocenters. The van der Waals surface area contributed by atoms with Crippen molar-refractivity contribution in [3.05, 3.63) is 60.0 Å². The fraction of sp³-hybridized carbons (Fsp3) is 0.273. The SMILES string of the molecule is CC(=O)Nc1ccc(C(=O)N2CCN(c3ccc(-c4noc(C)n4)cc3)CC2)cc1. The van der Waals surface area contributed by atoms with Gasteiger partial charge in [0.05, 0.1) is 0 Å². The first-order valence-electron chi connectivity index (χ1n) is 9.82. The van der Waals surface area contributed by atoms with Gasteiger partial charge >= 0.3 is 0 Å². The highest BCUT2D eigenvalue weighted by molar-refractivity contribution is 5.95. The summed E-state index contributed by atoms with van der Waals surface area (Å²) in [6.07, 6.45) is 0. The molecule has 1 aromatic heterocycles. The molecule has 1 aliphatic rings. The summed E-state index contributed by atoms with van der Waals surface area (Å²) < 4.78 is 5.03. The third kappa shape index (κ3) is 4.32. The van der Waals surface area contributed by atoms with Crippen LogP contribution in [0.1, 0.15) is 23.2 Å². The molecular weight excluding hydrogens is 382 g/mol. The fourth-order valence-electron chi connectivity index (χ4n) is 3.49. The van der Waals surface area contributed by atoms with Gasteiger partial charge in [-0.25, -0.2) is 0 Å². The smallest absolute Gasteiger partial charge is 0.253 e. The second-order valence-electron chi connectivity index (χ2n) is 7.22. The molecule has 0 saturated carbocycles. The molecule has 1 aliphatic heterocycles. The van der Waals surface area contributed by atoms with E-state index < -0.39 is 0 Å². The van der Waals surface area contributed by atoms with Gasteiger partial charge in [0, 0.05) is 62.5 Å². The van der Waals surface area contributed by atoms with Crippen molar-refractivity contribution in [2.24, 2.45) is 0 Å². The van der Waals surface area contributed by atoms with E-state index in [1.807, 2.05) is 29.2 Å². The highest BCUT2D eigenvalue weighted by atomic mass is 16.5. The minimum Gasteiger partial charge on any atom is -0.368 e. The van der Waals surface area contributed by atoms with Crippen molar-refractivity contribution < 1.29 is 14.1 Å². The molecule has 2 heterocycles. The average Bonchev–Trinajstić information content (AvgIpc) is 3.20. The largest absolute Gasteiger partial charge is 0.368 e. The first-order chi connectivity index (χ1) is 14.5. The predicted molar refractivity (Wildman–Crippen MR) is 113 cm³/mol. The van der Waals surface area contributed by atoms with E-state index in [1.54, 1.807) is 31.2 Å². The molecule has 1 fully saturated rings. The predicted octanol–water partition coefficient (Wildman–Crippen LogP) is 2.97. The summed E-state index contributed by atoms with van der Waals surface area (Å²) in [6, 6.07) is 15.0. The molecule has 2 amide bonds. The molecular formula is C22H23N5O3. The van der Waals surface area contributed by atoms with Crippen molar-refractivity contribution >= 4 is 23.2 Å². The molecule has 0 atom stereocenters. The number of rotatable bonds is 4. The maximum absolute atomic E-state index is 12.8. The van der Waals surface area contributed by atoms with Gasteiger partial charge in [-0.05, 0) is 48.5 Å². The highest BCUT2D eigenvalue weighted by Crippen LogP contribution is 2.22. The van der Waals surface area contributed by atoms with Crippen molar-refractivity contribution in [2.75, 3.05) is 36.4 Å². The third-order valence-corrected chi connectivity index (χ3v) is 5.04. The molecule has 2 aromatic carbocycles. The van der Waals surface area contributed by atoms with Gasteiger partial charge in [-0.3, -0.25) is 9.59 Å². The van der Waals surface area contributed by atoms with Crippen LogP contribution in [0.2, 0.25) is 0 Å². The second kappa shape index (κ2) is 8.36. The number of nitrogens with zero attached hydrogens (tertiary/aromatic N) is 4. The van der Waals surface area contributed by atoms with Crippen molar-refractivity contribution in [2.45, 2.75) is 13.8 Å². The number of anilines is 2. The van der Waals surface area contributed by atoms with Crippen molar-refractivity contribution in [3.8, 4) is 11.4 Å². The lowest BCUT2D eigenvalue weighted by molar-refractivity contribution is -0.114. The van der Waals surface area contributed by atoms with E-state index >= 15 is 0 Å². The number of benzene rings is 2. The highest BCUT2D eigenvalue weighted by Gasteiger charge is 2.22. The summed E-state index contributed by atoms with van der Waals surface area (Å²) in [4.78, 5) is 32.3. The Morgan fingerprint density at radius 1 is 0.967 bits per heavy atom. The summed E-state index contributed by atoms with van der Waals surface area (Å²) in [5, 5.41) is 6.65. The third-order valence-electron chi connectivity index (χ3n) is 5.04. The molecule has 30 heavy (non-hydrogen) atoms. The van der Waals surface area contributed by atoms with Crippen molar-refractivity contribution in [1.29, 1.82) is 0 Å². The van der Waals surface area contributed by atoms with Crippen molar-refractivity contribution in [1.82, 2.24) is 15.0 Å². The Balaban J connectivity index is 1.35. The molecule has 0 radical (unpaired) electrons. The van der Waals surface area contributed by atoms with Gasteiger partial charge in [-0.1, -0.05) is 5.16 Å². The van der Waals surface area contributed by atoms with Gasteiger partial charge in [0.1, 0.15) is 0 Å². The standard InChI is InChI=1S/C22H23N5O3/c1-15(28)23-19-7-3-18(4-8-19)22(29)27-13-11-26(12-14-27)20-9-5-17(6-10-20)21-24-16(2)30-25-21/h3-10H,11-14H2,1-2H3,(H,23,28). The van der Waals surface area contributed by atoms with E-state index in [1.165, 1.54) is 6.92 Å². The Bertz CT molecular complexity index is 1040. The summed E-state index contributed by atoms with van der Waals surface area (Å²) in [7, 11) is 0. The fourth-order valence-corrected chi connectivity index (χ4v) is 3.49. The van der Waals surface area contributed by atoms with Crippen LogP contribution in [0, 0.1) is 6.92 Å². The number of piperazine rings is 1. The molecule has 0 spiro atoms. The number of hydrogen-bond donors (Lipinski definition) is 1. The number of aromatic nitrogens is 2. The molecule has 0 aliphatic carbocycles. The van der Waals surface area contributed by atoms with Crippen LogP contribution in [0.25, 0.3) is 11.4 Å². The van der Waals surface area contributed by atoms with E-state index in [9.17, 15) is 9.59 Å². The minimum absolute atomic E-state index is 0.00634. The van der Waals surface area contributed by atoms with Crippen LogP contribution in [-0.2, 0) is 4.79 Å². The first kappa shape index (κ1) is 19.6. The van der Waals surface area contributed by atoms with Crippen LogP contribution in [0.3, 0.4) is 0 Å². The molecule has 0 bridgehead atoms. The van der Waals surface area contributed by atoms with Crippen LogP contribution >= 0.6 is 0 Å². The van der Waals surface area contributed by atoms with Crippen molar-refractivity contribution in [3.63, 3.8) is 0 Å². The summed E-state index contributed by atoms with van der Waals surface area (Å²) in [5.74, 6) is 0.996. The van der Waals surface area contributed by atoms with Gasteiger partial charge in [0.15, 0.2) is 0 Å². The van der Waals surface area contributed by atoms with Gasteiger partial charge < -0.3 is 19.6 Å². The van der Waals surface area contributed by atoms with Crippen LogP contribution in [-0.4, -0.2) is 53.0 Å².